The quantitative estimate of drug-likeness (QED) is 0.852. The third kappa shape index (κ3) is 2.98. The summed E-state index contributed by atoms with van der Waals surface area (Å²) in [6.45, 7) is 1.73. The lowest BCUT2D eigenvalue weighted by Gasteiger charge is -2.15. The zero-order valence-corrected chi connectivity index (χ0v) is 10.0. The molecule has 0 saturated heterocycles. The van der Waals surface area contributed by atoms with Crippen LogP contribution in [0.3, 0.4) is 0 Å². The Bertz CT molecular complexity index is 505. The van der Waals surface area contributed by atoms with Crippen LogP contribution in [0.5, 0.6) is 0 Å². The highest BCUT2D eigenvalue weighted by molar-refractivity contribution is 5.84. The number of amides is 1. The molecule has 4 nitrogen and oxygen atoms in total. The van der Waals surface area contributed by atoms with Gasteiger partial charge in [-0.15, -0.1) is 0 Å². The SMILES string of the molecule is CC(Nc1ccc(F)c(C#N)c1)C(=O)NC1CC1. The Morgan fingerprint density at radius 1 is 1.56 bits per heavy atom. The molecule has 0 aliphatic heterocycles. The molecule has 2 rings (SSSR count). The molecule has 1 aromatic rings. The summed E-state index contributed by atoms with van der Waals surface area (Å²) in [6.07, 6.45) is 2.07. The third-order valence-electron chi connectivity index (χ3n) is 2.79. The summed E-state index contributed by atoms with van der Waals surface area (Å²) in [4.78, 5) is 11.7. The van der Waals surface area contributed by atoms with E-state index >= 15 is 0 Å². The van der Waals surface area contributed by atoms with Crippen molar-refractivity contribution in [2.45, 2.75) is 31.8 Å². The summed E-state index contributed by atoms with van der Waals surface area (Å²) in [5.41, 5.74) is 0.529. The summed E-state index contributed by atoms with van der Waals surface area (Å²) in [7, 11) is 0. The van der Waals surface area contributed by atoms with E-state index in [0.717, 1.165) is 12.8 Å². The maximum absolute atomic E-state index is 13.1. The third-order valence-corrected chi connectivity index (χ3v) is 2.79. The summed E-state index contributed by atoms with van der Waals surface area (Å²) in [5.74, 6) is -0.640. The van der Waals surface area contributed by atoms with Gasteiger partial charge in [0.25, 0.3) is 0 Å². The number of carbonyl (C=O) groups is 1. The largest absolute Gasteiger partial charge is 0.374 e. The van der Waals surface area contributed by atoms with Crippen LogP contribution in [-0.2, 0) is 4.79 Å². The van der Waals surface area contributed by atoms with Crippen molar-refractivity contribution < 1.29 is 9.18 Å². The Morgan fingerprint density at radius 3 is 2.89 bits per heavy atom. The molecule has 94 valence electrons. The molecule has 1 aliphatic carbocycles. The second kappa shape index (κ2) is 5.05. The molecule has 1 unspecified atom stereocenters. The van der Waals surface area contributed by atoms with Gasteiger partial charge in [0, 0.05) is 11.7 Å². The minimum Gasteiger partial charge on any atom is -0.374 e. The molecule has 1 aromatic carbocycles. The predicted octanol–water partition coefficient (Wildman–Crippen LogP) is 1.78. The maximum atomic E-state index is 13.1. The van der Waals surface area contributed by atoms with E-state index in [1.807, 2.05) is 0 Å². The molecule has 1 fully saturated rings. The lowest BCUT2D eigenvalue weighted by molar-refractivity contribution is -0.121. The highest BCUT2D eigenvalue weighted by Crippen LogP contribution is 2.19. The van der Waals surface area contributed by atoms with Crippen molar-refractivity contribution in [2.75, 3.05) is 5.32 Å². The fraction of sp³-hybridized carbons (Fsp3) is 0.385. The molecule has 0 radical (unpaired) electrons. The Kier molecular flexibility index (Phi) is 3.47. The number of nitrogens with one attached hydrogen (secondary N) is 2. The van der Waals surface area contributed by atoms with Crippen molar-refractivity contribution in [3.63, 3.8) is 0 Å². The van der Waals surface area contributed by atoms with Gasteiger partial charge < -0.3 is 10.6 Å². The van der Waals surface area contributed by atoms with Gasteiger partial charge >= 0.3 is 0 Å². The van der Waals surface area contributed by atoms with E-state index in [2.05, 4.69) is 10.6 Å². The minimum atomic E-state index is -0.557. The van der Waals surface area contributed by atoms with Gasteiger partial charge in [-0.3, -0.25) is 4.79 Å². The summed E-state index contributed by atoms with van der Waals surface area (Å²) in [6, 6.07) is 5.79. The molecule has 1 saturated carbocycles. The first kappa shape index (κ1) is 12.4. The second-order valence-electron chi connectivity index (χ2n) is 4.46. The van der Waals surface area contributed by atoms with Crippen LogP contribution in [0.25, 0.3) is 0 Å². The van der Waals surface area contributed by atoms with Crippen LogP contribution < -0.4 is 10.6 Å². The van der Waals surface area contributed by atoms with Gasteiger partial charge in [-0.05, 0) is 38.0 Å². The van der Waals surface area contributed by atoms with Crippen molar-refractivity contribution >= 4 is 11.6 Å². The average Bonchev–Trinajstić information content (AvgIpc) is 3.15. The minimum absolute atomic E-state index is 0.0326. The van der Waals surface area contributed by atoms with E-state index in [4.69, 9.17) is 5.26 Å². The van der Waals surface area contributed by atoms with Crippen LogP contribution in [0.2, 0.25) is 0 Å². The number of rotatable bonds is 4. The van der Waals surface area contributed by atoms with E-state index in [0.29, 0.717) is 11.7 Å². The summed E-state index contributed by atoms with van der Waals surface area (Å²) >= 11 is 0. The number of halogens is 1. The Morgan fingerprint density at radius 2 is 2.28 bits per heavy atom. The normalized spacial score (nSPS) is 15.6. The molecule has 2 N–H and O–H groups in total. The number of anilines is 1. The van der Waals surface area contributed by atoms with Crippen molar-refractivity contribution in [1.82, 2.24) is 5.32 Å². The number of hydrogen-bond acceptors (Lipinski definition) is 3. The first-order valence-corrected chi connectivity index (χ1v) is 5.86. The summed E-state index contributed by atoms with van der Waals surface area (Å²) in [5, 5.41) is 14.5. The van der Waals surface area contributed by atoms with Gasteiger partial charge in [0.1, 0.15) is 17.9 Å². The van der Waals surface area contributed by atoms with E-state index in [9.17, 15) is 9.18 Å². The molecule has 0 bridgehead atoms. The lowest BCUT2D eigenvalue weighted by Crippen LogP contribution is -2.38. The molecule has 18 heavy (non-hydrogen) atoms. The predicted molar refractivity (Wildman–Crippen MR) is 65.4 cm³/mol. The lowest BCUT2D eigenvalue weighted by atomic mass is 10.2. The maximum Gasteiger partial charge on any atom is 0.242 e. The van der Waals surface area contributed by atoms with Gasteiger partial charge in [-0.1, -0.05) is 0 Å². The molecule has 5 heteroatoms. The first-order chi connectivity index (χ1) is 8.60. The molecule has 0 spiro atoms. The zero-order valence-electron chi connectivity index (χ0n) is 10.0. The Balaban J connectivity index is 1.99. The molecule has 1 atom stereocenters. The van der Waals surface area contributed by atoms with Gasteiger partial charge in [0.05, 0.1) is 5.56 Å². The smallest absolute Gasteiger partial charge is 0.242 e. The molecule has 1 aliphatic rings. The molecule has 0 heterocycles. The first-order valence-electron chi connectivity index (χ1n) is 5.86. The molecule has 1 amide bonds. The number of nitrogens with zero attached hydrogens (tertiary/aromatic N) is 1. The number of benzene rings is 1. The highest BCUT2D eigenvalue weighted by Gasteiger charge is 2.25. The van der Waals surface area contributed by atoms with Crippen LogP contribution >= 0.6 is 0 Å². The van der Waals surface area contributed by atoms with Crippen LogP contribution in [-0.4, -0.2) is 18.0 Å². The van der Waals surface area contributed by atoms with Gasteiger partial charge in [0.15, 0.2) is 0 Å². The van der Waals surface area contributed by atoms with Crippen LogP contribution in [0.15, 0.2) is 18.2 Å². The fourth-order valence-corrected chi connectivity index (χ4v) is 1.57. The second-order valence-corrected chi connectivity index (χ2v) is 4.46. The number of carbonyl (C=O) groups excluding carboxylic acids is 1. The number of hydrogen-bond donors (Lipinski definition) is 2. The molecular formula is C13H14FN3O. The van der Waals surface area contributed by atoms with E-state index in [-0.39, 0.29) is 11.5 Å². The van der Waals surface area contributed by atoms with Crippen molar-refractivity contribution in [3.05, 3.63) is 29.6 Å². The Hall–Kier alpha value is -2.09. The van der Waals surface area contributed by atoms with Gasteiger partial charge in [0.2, 0.25) is 5.91 Å². The van der Waals surface area contributed by atoms with Crippen molar-refractivity contribution in [1.29, 1.82) is 5.26 Å². The van der Waals surface area contributed by atoms with Crippen molar-refractivity contribution in [3.8, 4) is 6.07 Å². The van der Waals surface area contributed by atoms with E-state index < -0.39 is 11.9 Å². The topological polar surface area (TPSA) is 64.9 Å². The van der Waals surface area contributed by atoms with Crippen molar-refractivity contribution in [2.24, 2.45) is 0 Å². The van der Waals surface area contributed by atoms with E-state index in [1.54, 1.807) is 13.0 Å². The van der Waals surface area contributed by atoms with Crippen LogP contribution in [0, 0.1) is 17.1 Å². The fourth-order valence-electron chi connectivity index (χ4n) is 1.57. The average molecular weight is 247 g/mol. The van der Waals surface area contributed by atoms with Gasteiger partial charge in [-0.2, -0.15) is 5.26 Å². The monoisotopic (exact) mass is 247 g/mol. The Labute approximate surface area is 105 Å². The highest BCUT2D eigenvalue weighted by atomic mass is 19.1. The number of nitriles is 1. The zero-order chi connectivity index (χ0) is 13.1. The molecular weight excluding hydrogens is 233 g/mol. The molecule has 0 aromatic heterocycles. The summed E-state index contributed by atoms with van der Waals surface area (Å²) < 4.78 is 13.1. The van der Waals surface area contributed by atoms with Crippen LogP contribution in [0.4, 0.5) is 10.1 Å². The standard InChI is InChI=1S/C13H14FN3O/c1-8(13(18)17-10-2-3-10)16-11-4-5-12(14)9(6-11)7-15/h4-6,8,10,16H,2-3H2,1H3,(H,17,18). The van der Waals surface area contributed by atoms with E-state index in [1.165, 1.54) is 18.2 Å². The van der Waals surface area contributed by atoms with Gasteiger partial charge in [-0.25, -0.2) is 4.39 Å². The van der Waals surface area contributed by atoms with Crippen LogP contribution in [0.1, 0.15) is 25.3 Å².